The van der Waals surface area contributed by atoms with E-state index in [4.69, 9.17) is 27.0 Å². The molecule has 8 aromatic rings. The van der Waals surface area contributed by atoms with Gasteiger partial charge in [0.2, 0.25) is 0 Å². The maximum Gasteiger partial charge on any atom is 0.172 e. The number of hydrogen-bond acceptors (Lipinski definition) is 12. The predicted octanol–water partition coefficient (Wildman–Crippen LogP) is 28.4. The zero-order chi connectivity index (χ0) is 64.9. The molecule has 14 heteroatoms. The highest BCUT2D eigenvalue weighted by molar-refractivity contribution is 7.25. The molecule has 92 heavy (non-hydrogen) atoms. The van der Waals surface area contributed by atoms with Crippen LogP contribution in [0.4, 0.5) is 8.78 Å². The molecule has 0 spiro atoms. The number of hydrogen-bond donors (Lipinski definition) is 0. The summed E-state index contributed by atoms with van der Waals surface area (Å²) in [6.45, 7) is 19.0. The maximum absolute atomic E-state index is 17.9. The molecule has 2 aromatic carbocycles. The average Bonchev–Trinajstić information content (AvgIpc) is 1.50. The third kappa shape index (κ3) is 21.2. The lowest BCUT2D eigenvalue weighted by atomic mass is 9.88. The van der Waals surface area contributed by atoms with E-state index in [1.807, 2.05) is 0 Å². The van der Waals surface area contributed by atoms with Crippen LogP contribution in [0.5, 0.6) is 11.5 Å². The molecule has 6 heterocycles. The van der Waals surface area contributed by atoms with Gasteiger partial charge in [0, 0.05) is 39.0 Å². The van der Waals surface area contributed by atoms with Crippen LogP contribution in [0.1, 0.15) is 294 Å². The van der Waals surface area contributed by atoms with Gasteiger partial charge in [-0.05, 0) is 98.9 Å². The minimum absolute atomic E-state index is 0.229. The number of halogens is 2. The van der Waals surface area contributed by atoms with E-state index in [-0.39, 0.29) is 11.1 Å². The number of ether oxygens (including phenoxy) is 2. The molecule has 0 radical (unpaired) electrons. The van der Waals surface area contributed by atoms with Gasteiger partial charge in [-0.25, -0.2) is 8.78 Å². The first-order chi connectivity index (χ1) is 45.1. The number of aromatic nitrogens is 4. The molecular weight excluding hydrogens is 1260 g/mol. The van der Waals surface area contributed by atoms with Crippen molar-refractivity contribution in [1.82, 2.24) is 17.5 Å². The van der Waals surface area contributed by atoms with Crippen molar-refractivity contribution in [3.8, 4) is 63.0 Å². The van der Waals surface area contributed by atoms with Crippen LogP contribution in [-0.4, -0.2) is 30.7 Å². The van der Waals surface area contributed by atoms with Gasteiger partial charge in [0.1, 0.15) is 22.1 Å². The van der Waals surface area contributed by atoms with Crippen molar-refractivity contribution in [2.45, 2.75) is 299 Å². The van der Waals surface area contributed by atoms with E-state index in [1.165, 1.54) is 225 Å². The van der Waals surface area contributed by atoms with E-state index in [9.17, 15) is 0 Å². The maximum atomic E-state index is 17.9. The molecule has 0 fully saturated rings. The number of nitrogens with zero attached hydrogens (tertiary/aromatic N) is 4. The standard InChI is InChI=1S/C78H112F2N4O2S6/c1-9-15-21-25-29-31-35-39-42-57(41-37-33-27-23-17-11-3)51-59-53-64(88-56(59)8)66-70(79)71(80)67(73-72(66)81-91-82-73)65-54-60(52-58(43-38-34-28-24-18-12-4)44-40-36-32-30-26-22-16-10-2)78(90-65)63-48-47-62(89-63)69-75-74(83-92-84-75)68(61-46-45-55(7)87-61)76(85-49-19-13-5)77(69)86-50-20-14-6/h45-48,53-54,57-58H,9-44,49-52H2,1-8H3. The van der Waals surface area contributed by atoms with Gasteiger partial charge < -0.3 is 9.47 Å². The van der Waals surface area contributed by atoms with Crippen LogP contribution < -0.4 is 9.47 Å². The summed E-state index contributed by atoms with van der Waals surface area (Å²) in [5, 5.41) is 0. The van der Waals surface area contributed by atoms with E-state index in [0.717, 1.165) is 121 Å². The van der Waals surface area contributed by atoms with Gasteiger partial charge in [-0.2, -0.15) is 17.5 Å². The van der Waals surface area contributed by atoms with Crippen LogP contribution in [0, 0.1) is 37.3 Å². The van der Waals surface area contributed by atoms with Crippen LogP contribution >= 0.6 is 68.8 Å². The van der Waals surface area contributed by atoms with Crippen molar-refractivity contribution >= 4 is 90.9 Å². The molecule has 0 aliphatic carbocycles. The van der Waals surface area contributed by atoms with Gasteiger partial charge in [0.25, 0.3) is 0 Å². The van der Waals surface area contributed by atoms with Crippen molar-refractivity contribution in [2.24, 2.45) is 11.8 Å². The normalized spacial score (nSPS) is 12.6. The zero-order valence-electron chi connectivity index (χ0n) is 57.7. The molecule has 0 bridgehead atoms. The Morgan fingerprint density at radius 3 is 1.12 bits per heavy atom. The average molecular weight is 1370 g/mol. The minimum atomic E-state index is -0.832. The summed E-state index contributed by atoms with van der Waals surface area (Å²) in [6.07, 6.45) is 46.6. The van der Waals surface area contributed by atoms with Crippen molar-refractivity contribution in [2.75, 3.05) is 13.2 Å². The highest BCUT2D eigenvalue weighted by Gasteiger charge is 2.32. The molecule has 0 amide bonds. The van der Waals surface area contributed by atoms with Gasteiger partial charge >= 0.3 is 0 Å². The number of fused-ring (bicyclic) bond motifs is 2. The summed E-state index contributed by atoms with van der Waals surface area (Å²) in [7, 11) is 0. The smallest absolute Gasteiger partial charge is 0.172 e. The second-order valence-corrected chi connectivity index (χ2v) is 32.4. The number of benzene rings is 2. The summed E-state index contributed by atoms with van der Waals surface area (Å²) in [5.74, 6) is 0.837. The Hall–Kier alpha value is -3.66. The Morgan fingerprint density at radius 2 is 0.707 bits per heavy atom. The lowest BCUT2D eigenvalue weighted by Crippen LogP contribution is -2.06. The fourth-order valence-electron chi connectivity index (χ4n) is 13.5. The summed E-state index contributed by atoms with van der Waals surface area (Å²) in [6, 6.07) is 13.2. The fourth-order valence-corrected chi connectivity index (χ4v) is 19.1. The Balaban J connectivity index is 1.18. The van der Waals surface area contributed by atoms with Crippen LogP contribution in [0.25, 0.3) is 73.6 Å². The van der Waals surface area contributed by atoms with Crippen LogP contribution in [0.3, 0.4) is 0 Å². The summed E-state index contributed by atoms with van der Waals surface area (Å²) >= 11 is 8.93. The molecule has 0 N–H and O–H groups in total. The first-order valence-electron chi connectivity index (χ1n) is 36.7. The number of unbranched alkanes of at least 4 members (excludes halogenated alkanes) is 26. The molecule has 0 aliphatic rings. The second kappa shape index (κ2) is 40.8. The summed E-state index contributed by atoms with van der Waals surface area (Å²) in [5.41, 5.74) is 7.35. The minimum Gasteiger partial charge on any atom is -0.489 e. The third-order valence-corrected chi connectivity index (χ3v) is 24.6. The topological polar surface area (TPSA) is 70.0 Å². The lowest BCUT2D eigenvalue weighted by molar-refractivity contribution is 0.264. The van der Waals surface area contributed by atoms with Gasteiger partial charge in [-0.1, -0.05) is 260 Å². The SMILES string of the molecule is CCCCCCCCCCC(CCCCCCCC)Cc1cc(-c2c(F)c(F)c(-c3cc(CC(CCCCCCCC)CCCCCCCCCC)c(-c4ccc(-c5c(OCCCC)c(OCCCC)c(-c6ccc(C)s6)c6nsnc56)s4)s3)c3nsnc23)sc1C. The van der Waals surface area contributed by atoms with Crippen molar-refractivity contribution in [3.05, 3.63) is 68.9 Å². The van der Waals surface area contributed by atoms with E-state index in [1.54, 1.807) is 45.3 Å². The van der Waals surface area contributed by atoms with Gasteiger partial charge in [0.05, 0.1) is 58.9 Å². The van der Waals surface area contributed by atoms with E-state index >= 15 is 8.78 Å². The van der Waals surface area contributed by atoms with Crippen LogP contribution in [0.15, 0.2) is 36.4 Å². The quantitative estimate of drug-likeness (QED) is 0.0354. The largest absolute Gasteiger partial charge is 0.489 e. The summed E-state index contributed by atoms with van der Waals surface area (Å²) in [4.78, 5) is 8.15. The highest BCUT2D eigenvalue weighted by Crippen LogP contribution is 2.55. The molecule has 0 saturated heterocycles. The van der Waals surface area contributed by atoms with Gasteiger partial charge in [0.15, 0.2) is 23.1 Å². The molecule has 506 valence electrons. The predicted molar refractivity (Wildman–Crippen MR) is 402 cm³/mol. The van der Waals surface area contributed by atoms with E-state index in [2.05, 4.69) is 91.8 Å². The van der Waals surface area contributed by atoms with Gasteiger partial charge in [-0.3, -0.25) is 0 Å². The molecule has 2 atom stereocenters. The molecule has 0 aliphatic heterocycles. The van der Waals surface area contributed by atoms with Crippen LogP contribution in [0.2, 0.25) is 0 Å². The number of thiophene rings is 4. The molecule has 0 saturated carbocycles. The van der Waals surface area contributed by atoms with Crippen molar-refractivity contribution in [3.63, 3.8) is 0 Å². The first-order valence-corrected chi connectivity index (χ1v) is 41.5. The second-order valence-electron chi connectivity index (χ2n) is 26.6. The Morgan fingerprint density at radius 1 is 0.359 bits per heavy atom. The van der Waals surface area contributed by atoms with Crippen molar-refractivity contribution in [1.29, 1.82) is 0 Å². The molecule has 6 nitrogen and oxygen atoms in total. The molecule has 2 unspecified atom stereocenters. The first kappa shape index (κ1) is 74.1. The van der Waals surface area contributed by atoms with Crippen LogP contribution in [-0.2, 0) is 12.8 Å². The lowest BCUT2D eigenvalue weighted by Gasteiger charge is -2.20. The van der Waals surface area contributed by atoms with Gasteiger partial charge in [-0.15, -0.1) is 45.3 Å². The zero-order valence-corrected chi connectivity index (χ0v) is 62.6. The number of aryl methyl sites for hydroxylation is 2. The van der Waals surface area contributed by atoms with E-state index in [0.29, 0.717) is 41.0 Å². The monoisotopic (exact) mass is 1370 g/mol. The fraction of sp³-hybridized carbons (Fsp3) is 0.641. The number of rotatable bonds is 49. The third-order valence-electron chi connectivity index (χ3n) is 19.0. The van der Waals surface area contributed by atoms with Crippen molar-refractivity contribution < 1.29 is 18.3 Å². The van der Waals surface area contributed by atoms with E-state index < -0.39 is 11.6 Å². The molecular formula is C78H112F2N4O2S6. The molecule has 8 rings (SSSR count). The summed E-state index contributed by atoms with van der Waals surface area (Å²) < 4.78 is 69.3. The molecule has 6 aromatic heterocycles. The highest BCUT2D eigenvalue weighted by atomic mass is 32.1. The Kier molecular flexibility index (Phi) is 32.9. The Labute approximate surface area is 578 Å². The Bertz CT molecular complexity index is 3380.